The second-order valence-corrected chi connectivity index (χ2v) is 6.14. The molecule has 2 aromatic rings. The Morgan fingerprint density at radius 2 is 1.37 bits per heavy atom. The number of nitro groups is 2. The number of amides is 2. The van der Waals surface area contributed by atoms with Crippen molar-refractivity contribution in [2.45, 2.75) is 18.8 Å². The van der Waals surface area contributed by atoms with E-state index in [1.807, 2.05) is 0 Å². The zero-order valence-corrected chi connectivity index (χ0v) is 14.2. The van der Waals surface area contributed by atoms with Gasteiger partial charge in [0.05, 0.1) is 26.9 Å². The molecule has 138 valence electrons. The third kappa shape index (κ3) is 2.55. The highest BCUT2D eigenvalue weighted by atomic mass is 16.6. The average molecular weight is 369 g/mol. The molecule has 0 saturated carbocycles. The van der Waals surface area contributed by atoms with Crippen molar-refractivity contribution in [3.63, 3.8) is 0 Å². The van der Waals surface area contributed by atoms with Crippen molar-refractivity contribution >= 4 is 23.2 Å². The molecule has 3 rings (SSSR count). The molecule has 2 amide bonds. The topological polar surface area (TPSA) is 132 Å². The number of carbonyl (C=O) groups is 2. The molecule has 1 unspecified atom stereocenters. The minimum absolute atomic E-state index is 0.0421. The Labute approximate surface area is 153 Å². The second kappa shape index (κ2) is 6.60. The largest absolute Gasteiger partial charge is 0.295 e. The first-order valence-corrected chi connectivity index (χ1v) is 8.18. The molecule has 1 saturated heterocycles. The highest BCUT2D eigenvalue weighted by Gasteiger charge is 2.60. The van der Waals surface area contributed by atoms with Crippen LogP contribution in [0.4, 0.5) is 11.4 Å². The van der Waals surface area contributed by atoms with E-state index in [2.05, 4.69) is 5.32 Å². The van der Waals surface area contributed by atoms with E-state index in [1.165, 1.54) is 48.5 Å². The maximum atomic E-state index is 13.0. The molecule has 1 N–H and O–H groups in total. The van der Waals surface area contributed by atoms with Crippen LogP contribution in [0.2, 0.25) is 0 Å². The summed E-state index contributed by atoms with van der Waals surface area (Å²) in [5, 5.41) is 25.4. The van der Waals surface area contributed by atoms with E-state index in [4.69, 9.17) is 0 Å². The normalized spacial score (nSPS) is 18.2. The summed E-state index contributed by atoms with van der Waals surface area (Å²) in [7, 11) is 0. The van der Waals surface area contributed by atoms with Crippen molar-refractivity contribution < 1.29 is 19.4 Å². The first-order chi connectivity index (χ1) is 12.9. The summed E-state index contributed by atoms with van der Waals surface area (Å²) < 4.78 is 0. The monoisotopic (exact) mass is 369 g/mol. The van der Waals surface area contributed by atoms with Crippen molar-refractivity contribution in [3.05, 3.63) is 79.9 Å². The van der Waals surface area contributed by atoms with Gasteiger partial charge in [0.25, 0.3) is 11.4 Å². The van der Waals surface area contributed by atoms with E-state index in [-0.39, 0.29) is 28.9 Å². The van der Waals surface area contributed by atoms with Crippen LogP contribution in [-0.4, -0.2) is 21.7 Å². The van der Waals surface area contributed by atoms with E-state index in [0.717, 1.165) is 0 Å². The number of nitrogens with zero attached hydrogens (tertiary/aromatic N) is 2. The molecule has 1 atom stereocenters. The van der Waals surface area contributed by atoms with Crippen molar-refractivity contribution in [3.8, 4) is 0 Å². The van der Waals surface area contributed by atoms with Crippen LogP contribution in [-0.2, 0) is 15.0 Å². The number of hydrogen-bond acceptors (Lipinski definition) is 6. The zero-order chi connectivity index (χ0) is 19.8. The van der Waals surface area contributed by atoms with Crippen LogP contribution in [0, 0.1) is 26.1 Å². The molecule has 1 aliphatic rings. The number of benzene rings is 2. The maximum absolute atomic E-state index is 13.0. The van der Waals surface area contributed by atoms with Gasteiger partial charge in [-0.25, -0.2) is 0 Å². The van der Waals surface area contributed by atoms with Crippen molar-refractivity contribution in [2.75, 3.05) is 0 Å². The number of para-hydroxylation sites is 2. The molecule has 0 aliphatic carbocycles. The van der Waals surface area contributed by atoms with Gasteiger partial charge in [-0.15, -0.1) is 0 Å². The summed E-state index contributed by atoms with van der Waals surface area (Å²) in [5.41, 5.74) is -2.70. The lowest BCUT2D eigenvalue weighted by atomic mass is 9.65. The molecule has 2 aromatic carbocycles. The highest BCUT2D eigenvalue weighted by molar-refractivity contribution is 6.13. The SMILES string of the molecule is CCC1C(=O)NC(=O)C1(c1ccccc1[N+](=O)[O-])c1ccccc1[N+](=O)[O-]. The van der Waals surface area contributed by atoms with Crippen molar-refractivity contribution in [1.82, 2.24) is 5.32 Å². The molecule has 0 bridgehead atoms. The number of nitro benzene ring substituents is 2. The third-order valence-electron chi connectivity index (χ3n) is 4.89. The number of rotatable bonds is 5. The lowest BCUT2D eigenvalue weighted by Gasteiger charge is -2.31. The van der Waals surface area contributed by atoms with Gasteiger partial charge in [-0.05, 0) is 6.42 Å². The fraction of sp³-hybridized carbons (Fsp3) is 0.222. The fourth-order valence-electron chi connectivity index (χ4n) is 3.84. The van der Waals surface area contributed by atoms with Crippen molar-refractivity contribution in [1.29, 1.82) is 0 Å². The molecule has 1 fully saturated rings. The Morgan fingerprint density at radius 3 is 1.78 bits per heavy atom. The van der Waals surface area contributed by atoms with Crippen LogP contribution >= 0.6 is 0 Å². The summed E-state index contributed by atoms with van der Waals surface area (Å²) in [6, 6.07) is 11.0. The van der Waals surface area contributed by atoms with Gasteiger partial charge in [-0.3, -0.25) is 35.1 Å². The molecular weight excluding hydrogens is 354 g/mol. The zero-order valence-electron chi connectivity index (χ0n) is 14.2. The van der Waals surface area contributed by atoms with Crippen LogP contribution in [0.1, 0.15) is 24.5 Å². The Bertz CT molecular complexity index is 914. The first kappa shape index (κ1) is 18.2. The first-order valence-electron chi connectivity index (χ1n) is 8.18. The van der Waals surface area contributed by atoms with Crippen LogP contribution in [0.15, 0.2) is 48.5 Å². The summed E-state index contributed by atoms with van der Waals surface area (Å²) in [6.45, 7) is 1.65. The Morgan fingerprint density at radius 1 is 0.926 bits per heavy atom. The molecule has 27 heavy (non-hydrogen) atoms. The number of hydrogen-bond donors (Lipinski definition) is 1. The Hall–Kier alpha value is -3.62. The van der Waals surface area contributed by atoms with Gasteiger partial charge >= 0.3 is 0 Å². The number of nitrogens with one attached hydrogen (secondary N) is 1. The number of carbonyl (C=O) groups excluding carboxylic acids is 2. The highest BCUT2D eigenvalue weighted by Crippen LogP contribution is 2.50. The minimum Gasteiger partial charge on any atom is -0.295 e. The quantitative estimate of drug-likeness (QED) is 0.489. The number of imide groups is 1. The Balaban J connectivity index is 2.48. The predicted molar refractivity (Wildman–Crippen MR) is 93.9 cm³/mol. The van der Waals surface area contributed by atoms with Gasteiger partial charge in [0.2, 0.25) is 11.8 Å². The predicted octanol–water partition coefficient (Wildman–Crippen LogP) is 2.47. The van der Waals surface area contributed by atoms with Gasteiger partial charge in [-0.1, -0.05) is 43.3 Å². The standard InChI is InChI=1S/C18H15N3O6/c1-2-11-16(22)19-17(23)18(11,12-7-3-5-9-14(12)20(24)25)13-8-4-6-10-15(13)21(26)27/h3-11H,2H2,1H3,(H,19,22,23). The maximum Gasteiger partial charge on any atom is 0.274 e. The van der Waals surface area contributed by atoms with E-state index < -0.39 is 33.0 Å². The lowest BCUT2D eigenvalue weighted by molar-refractivity contribution is -0.387. The molecule has 0 aromatic heterocycles. The average Bonchev–Trinajstić information content (AvgIpc) is 2.91. The van der Waals surface area contributed by atoms with Crippen LogP contribution in [0.5, 0.6) is 0 Å². The Kier molecular flexibility index (Phi) is 4.44. The van der Waals surface area contributed by atoms with Crippen LogP contribution in [0.25, 0.3) is 0 Å². The molecule has 1 heterocycles. The molecule has 0 radical (unpaired) electrons. The van der Waals surface area contributed by atoms with Crippen LogP contribution in [0.3, 0.4) is 0 Å². The van der Waals surface area contributed by atoms with Crippen LogP contribution < -0.4 is 5.32 Å². The van der Waals surface area contributed by atoms with E-state index >= 15 is 0 Å². The lowest BCUT2D eigenvalue weighted by Crippen LogP contribution is -2.42. The second-order valence-electron chi connectivity index (χ2n) is 6.14. The van der Waals surface area contributed by atoms with E-state index in [0.29, 0.717) is 0 Å². The summed E-state index contributed by atoms with van der Waals surface area (Å²) in [6.07, 6.45) is 0.162. The molecular formula is C18H15N3O6. The van der Waals surface area contributed by atoms with Gasteiger partial charge in [-0.2, -0.15) is 0 Å². The van der Waals surface area contributed by atoms with Gasteiger partial charge < -0.3 is 0 Å². The van der Waals surface area contributed by atoms with Gasteiger partial charge in [0, 0.05) is 12.1 Å². The van der Waals surface area contributed by atoms with Gasteiger partial charge in [0.1, 0.15) is 5.41 Å². The smallest absolute Gasteiger partial charge is 0.274 e. The molecule has 1 aliphatic heterocycles. The fourth-order valence-corrected chi connectivity index (χ4v) is 3.84. The summed E-state index contributed by atoms with van der Waals surface area (Å²) in [5.74, 6) is -2.44. The van der Waals surface area contributed by atoms with E-state index in [9.17, 15) is 29.8 Å². The summed E-state index contributed by atoms with van der Waals surface area (Å²) in [4.78, 5) is 47.4. The molecule has 9 nitrogen and oxygen atoms in total. The molecule has 0 spiro atoms. The molecule has 9 heteroatoms. The minimum atomic E-state index is -1.86. The van der Waals surface area contributed by atoms with Crippen molar-refractivity contribution in [2.24, 2.45) is 5.92 Å². The third-order valence-corrected chi connectivity index (χ3v) is 4.89. The van der Waals surface area contributed by atoms with Gasteiger partial charge in [0.15, 0.2) is 0 Å². The van der Waals surface area contributed by atoms with E-state index in [1.54, 1.807) is 6.92 Å². The summed E-state index contributed by atoms with van der Waals surface area (Å²) >= 11 is 0.